The van der Waals surface area contributed by atoms with Crippen LogP contribution in [0.3, 0.4) is 0 Å². The molecule has 1 amide bonds. The van der Waals surface area contributed by atoms with Gasteiger partial charge >= 0.3 is 0 Å². The first-order chi connectivity index (χ1) is 9.63. The minimum Gasteiger partial charge on any atom is -0.341 e. The standard InChI is InChI=1S/C14H25N5O/c1-3-12(15)13-10-19(17-16-13)11(2)14(20)18-8-6-4-5-7-9-18/h10-12H,3-9,15H2,1-2H3. The smallest absolute Gasteiger partial charge is 0.247 e. The van der Waals surface area contributed by atoms with Crippen LogP contribution in [-0.2, 0) is 4.79 Å². The number of rotatable bonds is 4. The second kappa shape index (κ2) is 6.83. The Balaban J connectivity index is 2.03. The zero-order valence-corrected chi connectivity index (χ0v) is 12.5. The third-order valence-electron chi connectivity index (χ3n) is 4.02. The highest BCUT2D eigenvalue weighted by Gasteiger charge is 2.24. The monoisotopic (exact) mass is 279 g/mol. The molecule has 0 saturated carbocycles. The van der Waals surface area contributed by atoms with Gasteiger partial charge in [0.05, 0.1) is 17.9 Å². The van der Waals surface area contributed by atoms with E-state index in [0.717, 1.165) is 38.0 Å². The van der Waals surface area contributed by atoms with Gasteiger partial charge in [0.15, 0.2) is 0 Å². The van der Waals surface area contributed by atoms with Crippen molar-refractivity contribution in [2.75, 3.05) is 13.1 Å². The molecule has 0 radical (unpaired) electrons. The Morgan fingerprint density at radius 3 is 2.60 bits per heavy atom. The second-order valence-corrected chi connectivity index (χ2v) is 5.55. The number of hydrogen-bond donors (Lipinski definition) is 1. The average Bonchev–Trinajstić information content (AvgIpc) is 2.80. The predicted octanol–water partition coefficient (Wildman–Crippen LogP) is 1.65. The third kappa shape index (κ3) is 3.36. The highest BCUT2D eigenvalue weighted by atomic mass is 16.2. The van der Waals surface area contributed by atoms with Gasteiger partial charge in [-0.1, -0.05) is 25.0 Å². The summed E-state index contributed by atoms with van der Waals surface area (Å²) in [7, 11) is 0. The van der Waals surface area contributed by atoms with Crippen molar-refractivity contribution in [3.63, 3.8) is 0 Å². The normalized spacial score (nSPS) is 19.4. The molecule has 1 aromatic rings. The van der Waals surface area contributed by atoms with Crippen molar-refractivity contribution in [3.8, 4) is 0 Å². The zero-order chi connectivity index (χ0) is 14.5. The summed E-state index contributed by atoms with van der Waals surface area (Å²) in [6.45, 7) is 5.61. The first-order valence-corrected chi connectivity index (χ1v) is 7.59. The van der Waals surface area contributed by atoms with Crippen LogP contribution in [0.4, 0.5) is 0 Å². The Bertz CT molecular complexity index is 437. The number of nitrogens with zero attached hydrogens (tertiary/aromatic N) is 4. The van der Waals surface area contributed by atoms with Crippen molar-refractivity contribution in [2.45, 2.75) is 58.0 Å². The van der Waals surface area contributed by atoms with E-state index in [2.05, 4.69) is 10.3 Å². The molecule has 1 aliphatic heterocycles. The van der Waals surface area contributed by atoms with Crippen LogP contribution in [0.5, 0.6) is 0 Å². The minimum atomic E-state index is -0.307. The summed E-state index contributed by atoms with van der Waals surface area (Å²) >= 11 is 0. The van der Waals surface area contributed by atoms with Gasteiger partial charge in [0.2, 0.25) is 5.91 Å². The molecule has 0 bridgehead atoms. The fraction of sp³-hybridized carbons (Fsp3) is 0.786. The Labute approximate surface area is 120 Å². The lowest BCUT2D eigenvalue weighted by atomic mass is 10.2. The maximum absolute atomic E-state index is 12.5. The molecule has 1 fully saturated rings. The van der Waals surface area contributed by atoms with E-state index in [9.17, 15) is 4.79 Å². The number of carbonyl (C=O) groups excluding carboxylic acids is 1. The van der Waals surface area contributed by atoms with Gasteiger partial charge in [-0.15, -0.1) is 5.10 Å². The molecule has 6 heteroatoms. The summed E-state index contributed by atoms with van der Waals surface area (Å²) in [6, 6.07) is -0.414. The van der Waals surface area contributed by atoms with Crippen LogP contribution in [0.2, 0.25) is 0 Å². The molecule has 6 nitrogen and oxygen atoms in total. The van der Waals surface area contributed by atoms with E-state index >= 15 is 0 Å². The summed E-state index contributed by atoms with van der Waals surface area (Å²) in [5.74, 6) is 0.133. The van der Waals surface area contributed by atoms with Crippen molar-refractivity contribution in [1.29, 1.82) is 0 Å². The Morgan fingerprint density at radius 1 is 1.35 bits per heavy atom. The Morgan fingerprint density at radius 2 is 2.00 bits per heavy atom. The molecule has 1 aromatic heterocycles. The van der Waals surface area contributed by atoms with Crippen LogP contribution in [-0.4, -0.2) is 38.9 Å². The van der Waals surface area contributed by atoms with Gasteiger partial charge < -0.3 is 10.6 Å². The average molecular weight is 279 g/mol. The summed E-state index contributed by atoms with van der Waals surface area (Å²) in [5.41, 5.74) is 6.69. The van der Waals surface area contributed by atoms with Crippen LogP contribution in [0.25, 0.3) is 0 Å². The van der Waals surface area contributed by atoms with Gasteiger partial charge in [0.25, 0.3) is 0 Å². The number of likely N-dealkylation sites (tertiary alicyclic amines) is 1. The minimum absolute atomic E-state index is 0.107. The van der Waals surface area contributed by atoms with Crippen molar-refractivity contribution in [3.05, 3.63) is 11.9 Å². The van der Waals surface area contributed by atoms with Crippen LogP contribution in [0.15, 0.2) is 6.20 Å². The quantitative estimate of drug-likeness (QED) is 0.909. The van der Waals surface area contributed by atoms with Gasteiger partial charge in [0.1, 0.15) is 6.04 Å². The lowest BCUT2D eigenvalue weighted by molar-refractivity contribution is -0.134. The highest BCUT2D eigenvalue weighted by molar-refractivity contribution is 5.80. The number of carbonyl (C=O) groups is 1. The fourth-order valence-corrected chi connectivity index (χ4v) is 2.53. The molecular weight excluding hydrogens is 254 g/mol. The maximum Gasteiger partial charge on any atom is 0.247 e. The fourth-order valence-electron chi connectivity index (χ4n) is 2.53. The summed E-state index contributed by atoms with van der Waals surface area (Å²) in [6.07, 6.45) is 7.25. The van der Waals surface area contributed by atoms with Crippen molar-refractivity contribution in [2.24, 2.45) is 5.73 Å². The van der Waals surface area contributed by atoms with Gasteiger partial charge in [-0.25, -0.2) is 4.68 Å². The molecule has 1 saturated heterocycles. The SMILES string of the molecule is CCC(N)c1cn(C(C)C(=O)N2CCCCCC2)nn1. The maximum atomic E-state index is 12.5. The van der Waals surface area contributed by atoms with Crippen molar-refractivity contribution in [1.82, 2.24) is 19.9 Å². The number of nitrogens with two attached hydrogens (primary N) is 1. The zero-order valence-electron chi connectivity index (χ0n) is 12.5. The Kier molecular flexibility index (Phi) is 5.11. The largest absolute Gasteiger partial charge is 0.341 e. The molecule has 2 rings (SSSR count). The van der Waals surface area contributed by atoms with Crippen LogP contribution in [0, 0.1) is 0 Å². The lowest BCUT2D eigenvalue weighted by Gasteiger charge is -2.23. The first kappa shape index (κ1) is 15.0. The molecule has 0 aromatic carbocycles. The molecule has 20 heavy (non-hydrogen) atoms. The lowest BCUT2D eigenvalue weighted by Crippen LogP contribution is -2.37. The highest BCUT2D eigenvalue weighted by Crippen LogP contribution is 2.17. The summed E-state index contributed by atoms with van der Waals surface area (Å²) in [4.78, 5) is 14.5. The summed E-state index contributed by atoms with van der Waals surface area (Å²) in [5, 5.41) is 8.13. The molecule has 0 spiro atoms. The van der Waals surface area contributed by atoms with Gasteiger partial charge in [-0.2, -0.15) is 0 Å². The molecule has 0 aliphatic carbocycles. The molecule has 2 atom stereocenters. The van der Waals surface area contributed by atoms with Gasteiger partial charge in [0, 0.05) is 13.1 Å². The Hall–Kier alpha value is -1.43. The number of hydrogen-bond acceptors (Lipinski definition) is 4. The molecule has 112 valence electrons. The molecule has 1 aliphatic rings. The molecule has 2 N–H and O–H groups in total. The van der Waals surface area contributed by atoms with E-state index in [-0.39, 0.29) is 18.0 Å². The van der Waals surface area contributed by atoms with Crippen LogP contribution >= 0.6 is 0 Å². The van der Waals surface area contributed by atoms with E-state index in [1.165, 1.54) is 12.8 Å². The molecular formula is C14H25N5O. The molecule has 2 heterocycles. The van der Waals surface area contributed by atoms with Crippen LogP contribution in [0.1, 0.15) is 63.7 Å². The second-order valence-electron chi connectivity index (χ2n) is 5.55. The molecule has 2 unspecified atom stereocenters. The number of amides is 1. The summed E-state index contributed by atoms with van der Waals surface area (Å²) < 4.78 is 1.64. The van der Waals surface area contributed by atoms with E-state index in [4.69, 9.17) is 5.73 Å². The number of aromatic nitrogens is 3. The first-order valence-electron chi connectivity index (χ1n) is 7.59. The third-order valence-corrected chi connectivity index (χ3v) is 4.02. The van der Waals surface area contributed by atoms with Gasteiger partial charge in [-0.05, 0) is 26.2 Å². The topological polar surface area (TPSA) is 77.0 Å². The van der Waals surface area contributed by atoms with E-state index in [1.54, 1.807) is 10.9 Å². The predicted molar refractivity (Wildman–Crippen MR) is 77.0 cm³/mol. The van der Waals surface area contributed by atoms with Gasteiger partial charge in [-0.3, -0.25) is 4.79 Å². The van der Waals surface area contributed by atoms with Crippen molar-refractivity contribution >= 4 is 5.91 Å². The van der Waals surface area contributed by atoms with E-state index in [1.807, 2.05) is 18.7 Å². The van der Waals surface area contributed by atoms with Crippen LogP contribution < -0.4 is 5.73 Å². The van der Waals surface area contributed by atoms with E-state index < -0.39 is 0 Å². The van der Waals surface area contributed by atoms with Crippen molar-refractivity contribution < 1.29 is 4.79 Å². The van der Waals surface area contributed by atoms with E-state index in [0.29, 0.717) is 0 Å².